The first kappa shape index (κ1) is 14.0. The maximum Gasteiger partial charge on any atom is 0.338 e. The highest BCUT2D eigenvalue weighted by atomic mass is 16.5. The van der Waals surface area contributed by atoms with Gasteiger partial charge in [0.1, 0.15) is 0 Å². The van der Waals surface area contributed by atoms with Crippen molar-refractivity contribution in [1.82, 2.24) is 0 Å². The first-order valence-electron chi connectivity index (χ1n) is 6.48. The molecule has 0 saturated carbocycles. The molecule has 2 rings (SSSR count). The number of methoxy groups -OCH3 is 1. The molecule has 0 aromatic heterocycles. The van der Waals surface area contributed by atoms with Crippen molar-refractivity contribution in [3.05, 3.63) is 59.7 Å². The number of carbonyl (C=O) groups is 2. The highest BCUT2D eigenvalue weighted by Gasteiger charge is 2.12. The second-order valence-corrected chi connectivity index (χ2v) is 4.39. The van der Waals surface area contributed by atoms with Crippen molar-refractivity contribution in [3.8, 4) is 11.1 Å². The molecule has 0 atom stereocenters. The van der Waals surface area contributed by atoms with Crippen molar-refractivity contribution >= 4 is 11.8 Å². The van der Waals surface area contributed by atoms with Gasteiger partial charge >= 0.3 is 5.97 Å². The molecule has 3 heteroatoms. The summed E-state index contributed by atoms with van der Waals surface area (Å²) < 4.78 is 4.78. The van der Waals surface area contributed by atoms with Gasteiger partial charge in [-0.05, 0) is 17.2 Å². The van der Waals surface area contributed by atoms with Crippen molar-refractivity contribution in [1.29, 1.82) is 0 Å². The van der Waals surface area contributed by atoms with E-state index in [1.54, 1.807) is 24.3 Å². The number of hydrogen-bond donors (Lipinski definition) is 0. The molecular formula is C17H16O3. The van der Waals surface area contributed by atoms with E-state index in [0.717, 1.165) is 11.1 Å². The molecule has 2 aromatic carbocycles. The van der Waals surface area contributed by atoms with Crippen molar-refractivity contribution in [3.63, 3.8) is 0 Å². The summed E-state index contributed by atoms with van der Waals surface area (Å²) in [6.45, 7) is 1.84. The van der Waals surface area contributed by atoms with Crippen molar-refractivity contribution in [2.24, 2.45) is 0 Å². The SMILES string of the molecule is CCC(=O)c1ccc(-c2ccccc2C(=O)OC)cc1. The highest BCUT2D eigenvalue weighted by Crippen LogP contribution is 2.24. The van der Waals surface area contributed by atoms with E-state index in [1.165, 1.54) is 7.11 Å². The molecule has 102 valence electrons. The standard InChI is InChI=1S/C17H16O3/c1-3-16(18)13-10-8-12(9-11-13)14-6-4-5-7-15(14)17(19)20-2/h4-11H,3H2,1-2H3. The van der Waals surface area contributed by atoms with E-state index in [0.29, 0.717) is 17.5 Å². The van der Waals surface area contributed by atoms with Gasteiger partial charge < -0.3 is 4.74 Å². The Morgan fingerprint density at radius 3 is 2.25 bits per heavy atom. The Bertz CT molecular complexity index is 627. The van der Waals surface area contributed by atoms with Crippen LogP contribution >= 0.6 is 0 Å². The van der Waals surface area contributed by atoms with Crippen LogP contribution in [-0.2, 0) is 4.74 Å². The van der Waals surface area contributed by atoms with Crippen LogP contribution in [0.3, 0.4) is 0 Å². The predicted molar refractivity (Wildman–Crippen MR) is 77.8 cm³/mol. The first-order chi connectivity index (χ1) is 9.67. The second kappa shape index (κ2) is 6.15. The molecule has 3 nitrogen and oxygen atoms in total. The molecule has 0 bridgehead atoms. The lowest BCUT2D eigenvalue weighted by Crippen LogP contribution is -2.03. The largest absolute Gasteiger partial charge is 0.465 e. The molecule has 0 amide bonds. The van der Waals surface area contributed by atoms with Gasteiger partial charge in [-0.1, -0.05) is 49.4 Å². The van der Waals surface area contributed by atoms with E-state index in [9.17, 15) is 9.59 Å². The van der Waals surface area contributed by atoms with Gasteiger partial charge in [-0.3, -0.25) is 4.79 Å². The van der Waals surface area contributed by atoms with Gasteiger partial charge in [-0.25, -0.2) is 4.79 Å². The topological polar surface area (TPSA) is 43.4 Å². The van der Waals surface area contributed by atoms with Crippen molar-refractivity contribution in [2.45, 2.75) is 13.3 Å². The fourth-order valence-corrected chi connectivity index (χ4v) is 2.06. The zero-order chi connectivity index (χ0) is 14.5. The molecule has 2 aromatic rings. The first-order valence-corrected chi connectivity index (χ1v) is 6.48. The summed E-state index contributed by atoms with van der Waals surface area (Å²) in [7, 11) is 1.36. The van der Waals surface area contributed by atoms with Gasteiger partial charge in [0, 0.05) is 12.0 Å². The fourth-order valence-electron chi connectivity index (χ4n) is 2.06. The molecule has 0 saturated heterocycles. The summed E-state index contributed by atoms with van der Waals surface area (Å²) >= 11 is 0. The Balaban J connectivity index is 2.42. The third kappa shape index (κ3) is 2.77. The van der Waals surface area contributed by atoms with Gasteiger partial charge in [0.2, 0.25) is 0 Å². The summed E-state index contributed by atoms with van der Waals surface area (Å²) in [4.78, 5) is 23.4. The third-order valence-electron chi connectivity index (χ3n) is 3.17. The maximum atomic E-state index is 11.8. The lowest BCUT2D eigenvalue weighted by atomic mass is 9.97. The number of rotatable bonds is 4. The summed E-state index contributed by atoms with van der Waals surface area (Å²) in [5, 5.41) is 0. The summed E-state index contributed by atoms with van der Waals surface area (Å²) in [5.74, 6) is -0.257. The van der Waals surface area contributed by atoms with Crippen molar-refractivity contribution in [2.75, 3.05) is 7.11 Å². The number of ether oxygens (including phenoxy) is 1. The van der Waals surface area contributed by atoms with Crippen LogP contribution in [0.15, 0.2) is 48.5 Å². The van der Waals surface area contributed by atoms with E-state index in [4.69, 9.17) is 4.74 Å². The Kier molecular flexibility index (Phi) is 4.31. The summed E-state index contributed by atoms with van der Waals surface area (Å²) in [6.07, 6.45) is 0.484. The van der Waals surface area contributed by atoms with Crippen molar-refractivity contribution < 1.29 is 14.3 Å². The van der Waals surface area contributed by atoms with E-state index in [2.05, 4.69) is 0 Å². The molecule has 0 aliphatic carbocycles. The monoisotopic (exact) mass is 268 g/mol. The lowest BCUT2D eigenvalue weighted by molar-refractivity contribution is 0.0601. The zero-order valence-electron chi connectivity index (χ0n) is 11.6. The van der Waals surface area contributed by atoms with Gasteiger partial charge in [0.05, 0.1) is 12.7 Å². The molecule has 20 heavy (non-hydrogen) atoms. The number of hydrogen-bond acceptors (Lipinski definition) is 3. The van der Waals surface area contributed by atoms with Crippen LogP contribution in [0.1, 0.15) is 34.1 Å². The Labute approximate surface area is 118 Å². The summed E-state index contributed by atoms with van der Waals surface area (Å²) in [6, 6.07) is 14.5. The van der Waals surface area contributed by atoms with Gasteiger partial charge in [0.15, 0.2) is 5.78 Å². The van der Waals surface area contributed by atoms with Crippen LogP contribution in [0.25, 0.3) is 11.1 Å². The minimum atomic E-state index is -0.366. The minimum Gasteiger partial charge on any atom is -0.465 e. The third-order valence-corrected chi connectivity index (χ3v) is 3.17. The molecule has 0 aliphatic heterocycles. The van der Waals surface area contributed by atoms with Gasteiger partial charge in [-0.15, -0.1) is 0 Å². The van der Waals surface area contributed by atoms with E-state index in [-0.39, 0.29) is 11.8 Å². The smallest absolute Gasteiger partial charge is 0.338 e. The Morgan fingerprint density at radius 2 is 1.65 bits per heavy atom. The van der Waals surface area contributed by atoms with Gasteiger partial charge in [-0.2, -0.15) is 0 Å². The zero-order valence-corrected chi connectivity index (χ0v) is 11.6. The number of esters is 1. The second-order valence-electron chi connectivity index (χ2n) is 4.39. The van der Waals surface area contributed by atoms with Gasteiger partial charge in [0.25, 0.3) is 0 Å². The molecule has 0 heterocycles. The van der Waals surface area contributed by atoms with Crippen LogP contribution in [0.2, 0.25) is 0 Å². The molecular weight excluding hydrogens is 252 g/mol. The minimum absolute atomic E-state index is 0.109. The van der Waals surface area contributed by atoms with Crippen LogP contribution in [0, 0.1) is 0 Å². The Morgan fingerprint density at radius 1 is 1.00 bits per heavy atom. The summed E-state index contributed by atoms with van der Waals surface area (Å²) in [5.41, 5.74) is 2.89. The molecule has 0 N–H and O–H groups in total. The van der Waals surface area contributed by atoms with E-state index in [1.807, 2.05) is 31.2 Å². The quantitative estimate of drug-likeness (QED) is 0.626. The molecule has 0 unspecified atom stereocenters. The number of benzene rings is 2. The number of ketones is 1. The fraction of sp³-hybridized carbons (Fsp3) is 0.176. The average Bonchev–Trinajstić information content (AvgIpc) is 2.53. The maximum absolute atomic E-state index is 11.8. The van der Waals surface area contributed by atoms with Crippen LogP contribution in [0.5, 0.6) is 0 Å². The normalized spacial score (nSPS) is 10.1. The average molecular weight is 268 g/mol. The molecule has 0 aliphatic rings. The van der Waals surface area contributed by atoms with E-state index < -0.39 is 0 Å². The highest BCUT2D eigenvalue weighted by molar-refractivity contribution is 5.98. The Hall–Kier alpha value is -2.42. The molecule has 0 fully saturated rings. The predicted octanol–water partition coefficient (Wildman–Crippen LogP) is 3.73. The van der Waals surface area contributed by atoms with Crippen LogP contribution in [-0.4, -0.2) is 18.9 Å². The van der Waals surface area contributed by atoms with Crippen LogP contribution < -0.4 is 0 Å². The number of carbonyl (C=O) groups excluding carboxylic acids is 2. The van der Waals surface area contributed by atoms with Crippen LogP contribution in [0.4, 0.5) is 0 Å². The van der Waals surface area contributed by atoms with E-state index >= 15 is 0 Å². The number of Topliss-reactive ketones (excluding diaryl/α,β-unsaturated/α-hetero) is 1. The molecule has 0 spiro atoms. The lowest BCUT2D eigenvalue weighted by Gasteiger charge is -2.08. The molecule has 0 radical (unpaired) electrons.